The van der Waals surface area contributed by atoms with Crippen molar-refractivity contribution >= 4 is 23.2 Å². The Kier molecular flexibility index (Phi) is 5.46. The highest BCUT2D eigenvalue weighted by molar-refractivity contribution is 6.32. The molecule has 4 aromatic rings. The van der Waals surface area contributed by atoms with Crippen molar-refractivity contribution in [2.45, 2.75) is 6.92 Å². The predicted molar refractivity (Wildman–Crippen MR) is 119 cm³/mol. The van der Waals surface area contributed by atoms with Crippen molar-refractivity contribution in [1.82, 2.24) is 9.78 Å². The first-order valence-corrected chi connectivity index (χ1v) is 9.73. The summed E-state index contributed by atoms with van der Waals surface area (Å²) in [5.74, 6) is -0.576. The van der Waals surface area contributed by atoms with E-state index in [4.69, 9.17) is 11.6 Å². The zero-order valence-electron chi connectivity index (χ0n) is 16.2. The van der Waals surface area contributed by atoms with E-state index in [1.54, 1.807) is 37.3 Å². The molecule has 5 nitrogen and oxygen atoms in total. The fraction of sp³-hybridized carbons (Fsp3) is 0.0417. The number of aromatic nitrogens is 2. The maximum atomic E-state index is 12.7. The number of carbonyl (C=O) groups excluding carboxylic acids is 1. The third-order valence-corrected chi connectivity index (χ3v) is 4.97. The Morgan fingerprint density at radius 1 is 0.900 bits per heavy atom. The van der Waals surface area contributed by atoms with Gasteiger partial charge >= 0.3 is 0 Å². The number of nitrogens with zero attached hydrogens (tertiary/aromatic N) is 2. The van der Waals surface area contributed by atoms with Crippen LogP contribution in [0, 0.1) is 6.92 Å². The standard InChI is InChI=1S/C24H18ClN3O2/c1-16-15-22(29)23(27-28(16)21-10-6-5-9-20(21)25)24(30)26-19-13-11-18(12-14-19)17-7-3-2-4-8-17/h2-15H,1H3,(H,26,30). The minimum Gasteiger partial charge on any atom is -0.320 e. The minimum atomic E-state index is -0.576. The first-order chi connectivity index (χ1) is 14.5. The summed E-state index contributed by atoms with van der Waals surface area (Å²) in [6.45, 7) is 1.74. The van der Waals surface area contributed by atoms with Crippen molar-refractivity contribution < 1.29 is 4.79 Å². The Morgan fingerprint density at radius 2 is 1.53 bits per heavy atom. The smallest absolute Gasteiger partial charge is 0.280 e. The molecule has 0 aliphatic carbocycles. The van der Waals surface area contributed by atoms with E-state index in [9.17, 15) is 9.59 Å². The number of hydrogen-bond acceptors (Lipinski definition) is 3. The van der Waals surface area contributed by atoms with Crippen LogP contribution in [-0.4, -0.2) is 15.7 Å². The lowest BCUT2D eigenvalue weighted by Crippen LogP contribution is -2.27. The Labute approximate surface area is 178 Å². The maximum absolute atomic E-state index is 12.7. The van der Waals surface area contributed by atoms with Gasteiger partial charge in [0.25, 0.3) is 5.91 Å². The number of amides is 1. The molecule has 0 aliphatic heterocycles. The summed E-state index contributed by atoms with van der Waals surface area (Å²) in [5, 5.41) is 7.49. The van der Waals surface area contributed by atoms with Crippen molar-refractivity contribution in [3.63, 3.8) is 0 Å². The average Bonchev–Trinajstić information content (AvgIpc) is 2.76. The third-order valence-electron chi connectivity index (χ3n) is 4.65. The zero-order chi connectivity index (χ0) is 21.1. The molecule has 30 heavy (non-hydrogen) atoms. The number of aryl methyl sites for hydroxylation is 1. The Bertz CT molecular complexity index is 1270. The molecular formula is C24H18ClN3O2. The third kappa shape index (κ3) is 4.02. The quantitative estimate of drug-likeness (QED) is 0.503. The van der Waals surface area contributed by atoms with E-state index in [-0.39, 0.29) is 5.69 Å². The summed E-state index contributed by atoms with van der Waals surface area (Å²) in [7, 11) is 0. The summed E-state index contributed by atoms with van der Waals surface area (Å²) in [5.41, 5.74) is 3.21. The van der Waals surface area contributed by atoms with Gasteiger partial charge in [0, 0.05) is 17.4 Å². The summed E-state index contributed by atoms with van der Waals surface area (Å²) in [6, 6.07) is 25.8. The van der Waals surface area contributed by atoms with Crippen molar-refractivity contribution in [3.8, 4) is 16.8 Å². The van der Waals surface area contributed by atoms with Gasteiger partial charge in [-0.25, -0.2) is 4.68 Å². The lowest BCUT2D eigenvalue weighted by Gasteiger charge is -2.12. The highest BCUT2D eigenvalue weighted by Crippen LogP contribution is 2.22. The topological polar surface area (TPSA) is 64.0 Å². The molecule has 0 saturated heterocycles. The molecule has 148 valence electrons. The first kappa shape index (κ1) is 19.6. The summed E-state index contributed by atoms with van der Waals surface area (Å²) < 4.78 is 1.50. The van der Waals surface area contributed by atoms with Gasteiger partial charge in [-0.05, 0) is 42.3 Å². The fourth-order valence-electron chi connectivity index (χ4n) is 3.14. The van der Waals surface area contributed by atoms with Crippen molar-refractivity contribution in [3.05, 3.63) is 112 Å². The summed E-state index contributed by atoms with van der Waals surface area (Å²) in [4.78, 5) is 25.2. The van der Waals surface area contributed by atoms with Crippen LogP contribution >= 0.6 is 11.6 Å². The molecule has 6 heteroatoms. The lowest BCUT2D eigenvalue weighted by atomic mass is 10.1. The number of carbonyl (C=O) groups is 1. The van der Waals surface area contributed by atoms with E-state index in [0.29, 0.717) is 22.1 Å². The monoisotopic (exact) mass is 415 g/mol. The normalized spacial score (nSPS) is 10.6. The van der Waals surface area contributed by atoms with Gasteiger partial charge in [0.15, 0.2) is 5.69 Å². The largest absolute Gasteiger partial charge is 0.320 e. The van der Waals surface area contributed by atoms with Crippen LogP contribution in [0.3, 0.4) is 0 Å². The molecule has 1 N–H and O–H groups in total. The molecule has 4 rings (SSSR count). The van der Waals surface area contributed by atoms with Gasteiger partial charge in [0.1, 0.15) is 0 Å². The first-order valence-electron chi connectivity index (χ1n) is 9.35. The number of anilines is 1. The lowest BCUT2D eigenvalue weighted by molar-refractivity contribution is 0.101. The van der Waals surface area contributed by atoms with Crippen LogP contribution in [0.15, 0.2) is 89.7 Å². The van der Waals surface area contributed by atoms with Gasteiger partial charge < -0.3 is 5.32 Å². The van der Waals surface area contributed by atoms with Crippen LogP contribution in [0.5, 0.6) is 0 Å². The second kappa shape index (κ2) is 8.35. The minimum absolute atomic E-state index is 0.201. The van der Waals surface area contributed by atoms with Gasteiger partial charge in [-0.2, -0.15) is 5.10 Å². The van der Waals surface area contributed by atoms with E-state index in [1.165, 1.54) is 10.7 Å². The number of nitrogens with one attached hydrogen (secondary N) is 1. The molecule has 1 amide bonds. The molecule has 0 unspecified atom stereocenters. The van der Waals surface area contributed by atoms with E-state index in [0.717, 1.165) is 11.1 Å². The van der Waals surface area contributed by atoms with Gasteiger partial charge in [0.05, 0.1) is 10.7 Å². The van der Waals surface area contributed by atoms with Gasteiger partial charge in [-0.1, -0.05) is 66.2 Å². The Morgan fingerprint density at radius 3 is 2.23 bits per heavy atom. The molecule has 0 bridgehead atoms. The van der Waals surface area contributed by atoms with Crippen LogP contribution in [0.4, 0.5) is 5.69 Å². The summed E-state index contributed by atoms with van der Waals surface area (Å²) >= 11 is 6.26. The number of rotatable bonds is 4. The highest BCUT2D eigenvalue weighted by atomic mass is 35.5. The van der Waals surface area contributed by atoms with Crippen LogP contribution < -0.4 is 10.7 Å². The van der Waals surface area contributed by atoms with Crippen LogP contribution in [0.25, 0.3) is 16.8 Å². The number of hydrogen-bond donors (Lipinski definition) is 1. The molecular weight excluding hydrogens is 398 g/mol. The molecule has 0 atom stereocenters. The van der Waals surface area contributed by atoms with Crippen LogP contribution in [0.2, 0.25) is 5.02 Å². The van der Waals surface area contributed by atoms with Crippen molar-refractivity contribution in [2.75, 3.05) is 5.32 Å². The maximum Gasteiger partial charge on any atom is 0.280 e. The fourth-order valence-corrected chi connectivity index (χ4v) is 3.35. The molecule has 0 saturated carbocycles. The second-order valence-electron chi connectivity index (χ2n) is 6.76. The second-order valence-corrected chi connectivity index (χ2v) is 7.17. The van der Waals surface area contributed by atoms with Crippen molar-refractivity contribution in [2.24, 2.45) is 0 Å². The Balaban J connectivity index is 1.62. The number of halogens is 1. The van der Waals surface area contributed by atoms with E-state index in [2.05, 4.69) is 10.4 Å². The molecule has 0 aliphatic rings. The SMILES string of the molecule is Cc1cc(=O)c(C(=O)Nc2ccc(-c3ccccc3)cc2)nn1-c1ccccc1Cl. The predicted octanol–water partition coefficient (Wildman–Crippen LogP) is 5.11. The van der Waals surface area contributed by atoms with Crippen LogP contribution in [0.1, 0.15) is 16.2 Å². The van der Waals surface area contributed by atoms with Gasteiger partial charge in [0.2, 0.25) is 5.43 Å². The van der Waals surface area contributed by atoms with Gasteiger partial charge in [-0.3, -0.25) is 9.59 Å². The summed E-state index contributed by atoms with van der Waals surface area (Å²) in [6.07, 6.45) is 0. The van der Waals surface area contributed by atoms with E-state index < -0.39 is 11.3 Å². The molecule has 0 spiro atoms. The van der Waals surface area contributed by atoms with E-state index in [1.807, 2.05) is 48.5 Å². The highest BCUT2D eigenvalue weighted by Gasteiger charge is 2.16. The van der Waals surface area contributed by atoms with Gasteiger partial charge in [-0.15, -0.1) is 0 Å². The molecule has 1 heterocycles. The molecule has 0 fully saturated rings. The zero-order valence-corrected chi connectivity index (χ0v) is 16.9. The van der Waals surface area contributed by atoms with Crippen molar-refractivity contribution in [1.29, 1.82) is 0 Å². The molecule has 0 radical (unpaired) electrons. The number of benzene rings is 3. The molecule has 3 aromatic carbocycles. The average molecular weight is 416 g/mol. The molecule has 1 aromatic heterocycles. The number of para-hydroxylation sites is 1. The van der Waals surface area contributed by atoms with Crippen LogP contribution in [-0.2, 0) is 0 Å². The Hall–Kier alpha value is -3.70. The van der Waals surface area contributed by atoms with E-state index >= 15 is 0 Å².